The molecule has 0 radical (unpaired) electrons. The Bertz CT molecular complexity index is 1040. The van der Waals surface area contributed by atoms with Crippen molar-refractivity contribution in [2.75, 3.05) is 20.5 Å². The van der Waals surface area contributed by atoms with Crippen LogP contribution in [0.2, 0.25) is 5.02 Å². The largest absolute Gasteiger partial charge is 0.466 e. The number of ether oxygens (including phenoxy) is 3. The van der Waals surface area contributed by atoms with Gasteiger partial charge in [-0.05, 0) is 51.1 Å². The van der Waals surface area contributed by atoms with E-state index in [4.69, 9.17) is 30.8 Å². The summed E-state index contributed by atoms with van der Waals surface area (Å²) >= 11 is 6.47. The summed E-state index contributed by atoms with van der Waals surface area (Å²) in [5.41, 5.74) is 6.13. The summed E-state index contributed by atoms with van der Waals surface area (Å²) in [7, 11) is 1.58. The van der Waals surface area contributed by atoms with Crippen LogP contribution >= 0.6 is 11.6 Å². The van der Waals surface area contributed by atoms with Crippen LogP contribution in [0.25, 0.3) is 22.6 Å². The molecule has 6 nitrogen and oxygen atoms in total. The molecule has 1 aromatic carbocycles. The molecule has 30 heavy (non-hydrogen) atoms. The SMILES string of the molecule is COCOc1ccc(-c2nc(-c3cc(C)nc(C)c3)c3n2C[C@@H](C)OCC3)cc1Cl. The number of hydrogen-bond acceptors (Lipinski definition) is 5. The van der Waals surface area contributed by atoms with Crippen LogP contribution in [0.1, 0.15) is 24.0 Å². The lowest BCUT2D eigenvalue weighted by atomic mass is 10.1. The summed E-state index contributed by atoms with van der Waals surface area (Å²) in [5, 5.41) is 0.525. The van der Waals surface area contributed by atoms with Crippen molar-refractivity contribution in [3.8, 4) is 28.4 Å². The number of methoxy groups -OCH3 is 1. The fraction of sp³-hybridized carbons (Fsp3) is 0.391. The van der Waals surface area contributed by atoms with Crippen LogP contribution in [0, 0.1) is 13.8 Å². The van der Waals surface area contributed by atoms with Crippen LogP contribution in [0.4, 0.5) is 0 Å². The Morgan fingerprint density at radius 1 is 1.13 bits per heavy atom. The molecule has 0 saturated heterocycles. The normalized spacial score (nSPS) is 16.2. The van der Waals surface area contributed by atoms with Gasteiger partial charge in [-0.2, -0.15) is 0 Å². The zero-order valence-corrected chi connectivity index (χ0v) is 18.5. The van der Waals surface area contributed by atoms with Crippen molar-refractivity contribution in [2.24, 2.45) is 0 Å². The Morgan fingerprint density at radius 3 is 2.60 bits per heavy atom. The molecule has 2 aromatic heterocycles. The lowest BCUT2D eigenvalue weighted by Gasteiger charge is -2.13. The molecule has 7 heteroatoms. The van der Waals surface area contributed by atoms with E-state index in [1.54, 1.807) is 7.11 Å². The van der Waals surface area contributed by atoms with Crippen LogP contribution in [0.15, 0.2) is 30.3 Å². The zero-order valence-electron chi connectivity index (χ0n) is 17.7. The van der Waals surface area contributed by atoms with Crippen LogP contribution in [-0.4, -0.2) is 41.1 Å². The third-order valence-electron chi connectivity index (χ3n) is 5.13. The maximum atomic E-state index is 6.47. The Hall–Kier alpha value is -2.41. The molecule has 1 aliphatic rings. The fourth-order valence-corrected chi connectivity index (χ4v) is 4.14. The highest BCUT2D eigenvalue weighted by Crippen LogP contribution is 2.35. The van der Waals surface area contributed by atoms with Crippen LogP contribution in [0.3, 0.4) is 0 Å². The van der Waals surface area contributed by atoms with Crippen LogP contribution in [0.5, 0.6) is 5.75 Å². The van der Waals surface area contributed by atoms with Gasteiger partial charge in [-0.3, -0.25) is 4.98 Å². The lowest BCUT2D eigenvalue weighted by molar-refractivity contribution is 0.0512. The highest BCUT2D eigenvalue weighted by Gasteiger charge is 2.24. The van der Waals surface area contributed by atoms with Crippen molar-refractivity contribution < 1.29 is 14.2 Å². The van der Waals surface area contributed by atoms with Gasteiger partial charge in [0.15, 0.2) is 6.79 Å². The number of benzene rings is 1. The predicted octanol–water partition coefficient (Wildman–Crippen LogP) is 4.83. The zero-order chi connectivity index (χ0) is 21.3. The number of halogens is 1. The molecule has 3 heterocycles. The van der Waals surface area contributed by atoms with Gasteiger partial charge >= 0.3 is 0 Å². The first-order chi connectivity index (χ1) is 14.5. The highest BCUT2D eigenvalue weighted by molar-refractivity contribution is 6.32. The number of fused-ring (bicyclic) bond motifs is 1. The average molecular weight is 428 g/mol. The molecule has 0 amide bonds. The molecule has 0 fully saturated rings. The molecule has 158 valence electrons. The van der Waals surface area contributed by atoms with Gasteiger partial charge < -0.3 is 18.8 Å². The monoisotopic (exact) mass is 427 g/mol. The molecular formula is C23H26ClN3O3. The van der Waals surface area contributed by atoms with Gasteiger partial charge in [0.2, 0.25) is 0 Å². The molecule has 0 spiro atoms. The molecule has 3 aromatic rings. The molecule has 4 rings (SSSR count). The maximum absolute atomic E-state index is 6.47. The topological polar surface area (TPSA) is 58.4 Å². The third kappa shape index (κ3) is 4.21. The quantitative estimate of drug-likeness (QED) is 0.546. The van der Waals surface area contributed by atoms with Crippen molar-refractivity contribution in [3.63, 3.8) is 0 Å². The van der Waals surface area contributed by atoms with E-state index < -0.39 is 0 Å². The number of aromatic nitrogens is 3. The second-order valence-electron chi connectivity index (χ2n) is 7.61. The Labute approximate surface area is 181 Å². The van der Waals surface area contributed by atoms with Crippen LogP contribution in [-0.2, 0) is 22.4 Å². The lowest BCUT2D eigenvalue weighted by Crippen LogP contribution is -2.15. The Kier molecular flexibility index (Phi) is 6.09. The highest BCUT2D eigenvalue weighted by atomic mass is 35.5. The first-order valence-corrected chi connectivity index (χ1v) is 10.4. The first-order valence-electron chi connectivity index (χ1n) is 10.0. The summed E-state index contributed by atoms with van der Waals surface area (Å²) in [6.45, 7) is 7.67. The van der Waals surface area contributed by atoms with E-state index in [1.165, 1.54) is 5.69 Å². The molecule has 0 unspecified atom stereocenters. The van der Waals surface area contributed by atoms with E-state index in [0.29, 0.717) is 17.4 Å². The van der Waals surface area contributed by atoms with E-state index >= 15 is 0 Å². The molecule has 1 atom stereocenters. The predicted molar refractivity (Wildman–Crippen MR) is 117 cm³/mol. The summed E-state index contributed by atoms with van der Waals surface area (Å²) < 4.78 is 18.7. The number of imidazole rings is 1. The van der Waals surface area contributed by atoms with E-state index in [2.05, 4.69) is 28.6 Å². The number of aryl methyl sites for hydroxylation is 2. The van der Waals surface area contributed by atoms with Crippen LogP contribution < -0.4 is 4.74 Å². The van der Waals surface area contributed by atoms with E-state index in [0.717, 1.165) is 47.0 Å². The minimum Gasteiger partial charge on any atom is -0.466 e. The fourth-order valence-electron chi connectivity index (χ4n) is 3.91. The second-order valence-corrected chi connectivity index (χ2v) is 8.01. The number of pyridine rings is 1. The second kappa shape index (κ2) is 8.76. The van der Waals surface area contributed by atoms with E-state index in [9.17, 15) is 0 Å². The van der Waals surface area contributed by atoms with E-state index in [1.807, 2.05) is 32.0 Å². The van der Waals surface area contributed by atoms with Crippen molar-refractivity contribution in [2.45, 2.75) is 39.8 Å². The summed E-state index contributed by atoms with van der Waals surface area (Å²) in [6.07, 6.45) is 0.906. The standard InChI is InChI=1S/C23H26ClN3O3/c1-14-9-18(10-15(2)25-14)22-20-7-8-29-16(3)12-27(20)23(26-22)17-5-6-21(19(24)11-17)30-13-28-4/h5-6,9-11,16H,7-8,12-13H2,1-4H3/t16-/m1/s1. The molecule has 0 saturated carbocycles. The third-order valence-corrected chi connectivity index (χ3v) is 5.43. The van der Waals surface area contributed by atoms with Crippen molar-refractivity contribution in [3.05, 3.63) is 52.4 Å². The Balaban J connectivity index is 1.84. The van der Waals surface area contributed by atoms with Gasteiger partial charge in [0, 0.05) is 41.7 Å². The molecule has 0 bridgehead atoms. The minimum absolute atomic E-state index is 0.104. The van der Waals surface area contributed by atoms with Crippen molar-refractivity contribution in [1.29, 1.82) is 0 Å². The van der Waals surface area contributed by atoms with Gasteiger partial charge in [-0.15, -0.1) is 0 Å². The average Bonchev–Trinajstić information content (AvgIpc) is 2.93. The molecular weight excluding hydrogens is 402 g/mol. The van der Waals surface area contributed by atoms with Gasteiger partial charge in [0.25, 0.3) is 0 Å². The number of nitrogens with zero attached hydrogens (tertiary/aromatic N) is 3. The molecule has 1 aliphatic heterocycles. The van der Waals surface area contributed by atoms with E-state index in [-0.39, 0.29) is 12.9 Å². The first kappa shape index (κ1) is 20.8. The van der Waals surface area contributed by atoms with Gasteiger partial charge in [-0.1, -0.05) is 11.6 Å². The smallest absolute Gasteiger partial charge is 0.188 e. The molecule has 0 N–H and O–H groups in total. The van der Waals surface area contributed by atoms with Gasteiger partial charge in [0.1, 0.15) is 11.6 Å². The summed E-state index contributed by atoms with van der Waals surface area (Å²) in [6, 6.07) is 9.91. The molecule has 0 aliphatic carbocycles. The maximum Gasteiger partial charge on any atom is 0.188 e. The van der Waals surface area contributed by atoms with Gasteiger partial charge in [-0.25, -0.2) is 4.98 Å². The van der Waals surface area contributed by atoms with Gasteiger partial charge in [0.05, 0.1) is 30.0 Å². The minimum atomic E-state index is 0.104. The van der Waals surface area contributed by atoms with Crippen molar-refractivity contribution >= 4 is 11.6 Å². The number of hydrogen-bond donors (Lipinski definition) is 0. The Morgan fingerprint density at radius 2 is 1.90 bits per heavy atom. The van der Waals surface area contributed by atoms with Crippen molar-refractivity contribution in [1.82, 2.24) is 14.5 Å². The summed E-state index contributed by atoms with van der Waals surface area (Å²) in [5.74, 6) is 1.46. The summed E-state index contributed by atoms with van der Waals surface area (Å²) in [4.78, 5) is 9.59. The number of rotatable bonds is 5.